The Morgan fingerprint density at radius 3 is 0.988 bits per heavy atom. The first-order valence-corrected chi connectivity index (χ1v) is 38.1. The van der Waals surface area contributed by atoms with E-state index < -0.39 is 26.5 Å². The van der Waals surface area contributed by atoms with Gasteiger partial charge in [-0.1, -0.05) is 344 Å². The molecule has 0 aromatic heterocycles. The van der Waals surface area contributed by atoms with Crippen LogP contribution in [0.15, 0.2) is 72.9 Å². The molecule has 2 atom stereocenters. The van der Waals surface area contributed by atoms with E-state index >= 15 is 0 Å². The van der Waals surface area contributed by atoms with E-state index in [0.29, 0.717) is 17.4 Å². The first kappa shape index (κ1) is 83.5. The van der Waals surface area contributed by atoms with Crippen molar-refractivity contribution >= 4 is 19.8 Å². The van der Waals surface area contributed by atoms with Crippen LogP contribution in [0.5, 0.6) is 0 Å². The van der Waals surface area contributed by atoms with Gasteiger partial charge in [-0.25, -0.2) is 0 Å². The van der Waals surface area contributed by atoms with Crippen LogP contribution in [-0.4, -0.2) is 70.0 Å². The Kier molecular flexibility index (Phi) is 64.9. The van der Waals surface area contributed by atoms with Crippen LogP contribution in [0.3, 0.4) is 0 Å². The number of hydrogen-bond donors (Lipinski definition) is 0. The monoisotopic (exact) mass is 1230 g/mol. The molecule has 0 amide bonds. The summed E-state index contributed by atoms with van der Waals surface area (Å²) in [7, 11) is 1.18. The minimum atomic E-state index is -4.64. The number of carbonyl (C=O) groups is 2. The highest BCUT2D eigenvalue weighted by Gasteiger charge is 2.22. The van der Waals surface area contributed by atoms with E-state index in [1.54, 1.807) is 0 Å². The fraction of sp³-hybridized carbons (Fsp3) is 0.816. The smallest absolute Gasteiger partial charge is 0.306 e. The van der Waals surface area contributed by atoms with Crippen molar-refractivity contribution in [2.45, 2.75) is 354 Å². The second-order valence-electron chi connectivity index (χ2n) is 25.9. The molecule has 86 heavy (non-hydrogen) atoms. The summed E-state index contributed by atoms with van der Waals surface area (Å²) in [6.07, 6.45) is 90.0. The average molecular weight is 1230 g/mol. The Morgan fingerprint density at radius 2 is 0.663 bits per heavy atom. The van der Waals surface area contributed by atoms with Crippen molar-refractivity contribution < 1.29 is 42.1 Å². The number of carbonyl (C=O) groups excluding carboxylic acids is 2. The Morgan fingerprint density at radius 1 is 0.372 bits per heavy atom. The first-order chi connectivity index (χ1) is 42.0. The number of phosphoric ester groups is 1. The van der Waals surface area contributed by atoms with Crippen LogP contribution in [0, 0.1) is 0 Å². The van der Waals surface area contributed by atoms with Gasteiger partial charge in [0.2, 0.25) is 0 Å². The van der Waals surface area contributed by atoms with Crippen LogP contribution in [0.1, 0.15) is 348 Å². The summed E-state index contributed by atoms with van der Waals surface area (Å²) in [6.45, 7) is 4.19. The molecule has 0 N–H and O–H groups in total. The van der Waals surface area contributed by atoms with Crippen molar-refractivity contribution in [3.8, 4) is 0 Å². The van der Waals surface area contributed by atoms with Crippen LogP contribution >= 0.6 is 7.82 Å². The summed E-state index contributed by atoms with van der Waals surface area (Å²) in [5, 5.41) is 0. The maximum Gasteiger partial charge on any atom is 0.306 e. The van der Waals surface area contributed by atoms with E-state index in [0.717, 1.165) is 70.6 Å². The molecule has 502 valence electrons. The number of rotatable bonds is 68. The van der Waals surface area contributed by atoms with Gasteiger partial charge in [-0.2, -0.15) is 0 Å². The minimum Gasteiger partial charge on any atom is -0.756 e. The number of esters is 2. The van der Waals surface area contributed by atoms with Gasteiger partial charge in [0, 0.05) is 12.8 Å². The first-order valence-electron chi connectivity index (χ1n) is 36.6. The molecule has 0 aromatic rings. The molecule has 0 aromatic carbocycles. The second kappa shape index (κ2) is 66.9. The molecule has 0 rings (SSSR count). The molecule has 0 saturated carbocycles. The van der Waals surface area contributed by atoms with Crippen LogP contribution < -0.4 is 4.89 Å². The van der Waals surface area contributed by atoms with E-state index in [4.69, 9.17) is 18.5 Å². The van der Waals surface area contributed by atoms with Gasteiger partial charge in [-0.15, -0.1) is 0 Å². The fourth-order valence-corrected chi connectivity index (χ4v) is 11.4. The predicted molar refractivity (Wildman–Crippen MR) is 370 cm³/mol. The van der Waals surface area contributed by atoms with Gasteiger partial charge in [0.1, 0.15) is 19.8 Å². The number of allylic oxidation sites excluding steroid dienone is 12. The Bertz CT molecular complexity index is 1680. The number of ether oxygens (including phenoxy) is 2. The Labute approximate surface area is 533 Å². The van der Waals surface area contributed by atoms with E-state index in [9.17, 15) is 19.0 Å². The zero-order chi connectivity index (χ0) is 62.6. The van der Waals surface area contributed by atoms with Gasteiger partial charge in [-0.3, -0.25) is 14.2 Å². The van der Waals surface area contributed by atoms with E-state index in [1.165, 1.54) is 244 Å². The minimum absolute atomic E-state index is 0.0285. The van der Waals surface area contributed by atoms with Crippen LogP contribution in [0.2, 0.25) is 0 Å². The molecular weight excluding hydrogens is 1090 g/mol. The van der Waals surface area contributed by atoms with Crippen LogP contribution in [0.4, 0.5) is 0 Å². The lowest BCUT2D eigenvalue weighted by Gasteiger charge is -2.28. The number of likely N-dealkylation sites (N-methyl/N-ethyl adjacent to an activating group) is 1. The lowest BCUT2D eigenvalue weighted by Crippen LogP contribution is -2.37. The molecule has 0 fully saturated rings. The molecule has 0 spiro atoms. The molecule has 0 aliphatic rings. The molecule has 0 saturated heterocycles. The predicted octanol–water partition coefficient (Wildman–Crippen LogP) is 23.3. The molecule has 0 heterocycles. The molecule has 0 radical (unpaired) electrons. The number of quaternary nitrogens is 1. The summed E-state index contributed by atoms with van der Waals surface area (Å²) in [6, 6.07) is 0. The maximum atomic E-state index is 12.9. The third kappa shape index (κ3) is 70.5. The number of hydrogen-bond acceptors (Lipinski definition) is 8. The zero-order valence-corrected chi connectivity index (χ0v) is 58.2. The van der Waals surface area contributed by atoms with Gasteiger partial charge >= 0.3 is 11.9 Å². The molecule has 0 bridgehead atoms. The third-order valence-corrected chi connectivity index (χ3v) is 17.2. The van der Waals surface area contributed by atoms with Crippen molar-refractivity contribution in [2.24, 2.45) is 0 Å². The van der Waals surface area contributed by atoms with E-state index in [2.05, 4.69) is 86.8 Å². The highest BCUT2D eigenvalue weighted by atomic mass is 31.2. The fourth-order valence-electron chi connectivity index (χ4n) is 10.7. The number of phosphoric acid groups is 1. The van der Waals surface area contributed by atoms with Crippen LogP contribution in [-0.2, 0) is 32.7 Å². The SMILES string of the molecule is CC/C=C\C/C=C\C/C=C\C/C=C\C/C=C\C/C=C\CCCCCCCCCCCCCCCCCCCCCCCCC(=O)OC(COC(=O)CCCCCCCCCCCCCCCCCCCCCCC)COP(=O)([O-])OCC[N+](C)(C)C. The Balaban J connectivity index is 3.92. The van der Waals surface area contributed by atoms with Gasteiger partial charge in [0.25, 0.3) is 7.82 Å². The van der Waals surface area contributed by atoms with Crippen molar-refractivity contribution in [1.29, 1.82) is 0 Å². The van der Waals surface area contributed by atoms with Crippen LogP contribution in [0.25, 0.3) is 0 Å². The third-order valence-electron chi connectivity index (χ3n) is 16.2. The number of nitrogens with zero attached hydrogens (tertiary/aromatic N) is 1. The molecule has 2 unspecified atom stereocenters. The maximum absolute atomic E-state index is 12.9. The quantitative estimate of drug-likeness (QED) is 0.0195. The van der Waals surface area contributed by atoms with Gasteiger partial charge in [0.05, 0.1) is 27.7 Å². The van der Waals surface area contributed by atoms with Crippen molar-refractivity contribution in [3.05, 3.63) is 72.9 Å². The standard InChI is InChI=1S/C76H140NO8P/c1-6-8-10-12-14-16-18-20-22-24-26-28-29-30-31-32-33-34-35-36-37-38-39-40-41-42-43-44-45-46-47-49-51-53-55-57-59-61-63-65-67-69-76(79)85-74(73-84-86(80,81)83-71-70-77(3,4)5)72-82-75(78)68-66-64-62-60-58-56-54-52-50-48-27-25-23-21-19-17-15-13-11-9-7-2/h8,10,14,16,20,22,26,28,30-31,33-34,74H,6-7,9,11-13,15,17-19,21,23-25,27,29,32,35-73H2,1-5H3/b10-8-,16-14-,22-20-,28-26-,31-30-,34-33-. The largest absolute Gasteiger partial charge is 0.756 e. The zero-order valence-electron chi connectivity index (χ0n) is 57.3. The van der Waals surface area contributed by atoms with Crippen molar-refractivity contribution in [2.75, 3.05) is 47.5 Å². The summed E-state index contributed by atoms with van der Waals surface area (Å²) >= 11 is 0. The van der Waals surface area contributed by atoms with Gasteiger partial charge in [-0.05, 0) is 64.2 Å². The lowest BCUT2D eigenvalue weighted by molar-refractivity contribution is -0.870. The molecule has 9 nitrogen and oxygen atoms in total. The summed E-state index contributed by atoms with van der Waals surface area (Å²) in [5.41, 5.74) is 0. The molecule has 0 aliphatic heterocycles. The van der Waals surface area contributed by atoms with Crippen molar-refractivity contribution in [3.63, 3.8) is 0 Å². The summed E-state index contributed by atoms with van der Waals surface area (Å²) in [4.78, 5) is 38.1. The number of unbranched alkanes of at least 4 members (excludes halogenated alkanes) is 42. The topological polar surface area (TPSA) is 111 Å². The molecule has 0 aliphatic carbocycles. The van der Waals surface area contributed by atoms with E-state index in [-0.39, 0.29) is 32.0 Å². The van der Waals surface area contributed by atoms with Gasteiger partial charge < -0.3 is 27.9 Å². The van der Waals surface area contributed by atoms with Crippen molar-refractivity contribution in [1.82, 2.24) is 0 Å². The lowest BCUT2D eigenvalue weighted by atomic mass is 10.0. The summed E-state index contributed by atoms with van der Waals surface area (Å²) < 4.78 is 34.3. The highest BCUT2D eigenvalue weighted by Crippen LogP contribution is 2.38. The molecule has 10 heteroatoms. The van der Waals surface area contributed by atoms with Gasteiger partial charge in [0.15, 0.2) is 6.10 Å². The highest BCUT2D eigenvalue weighted by molar-refractivity contribution is 7.45. The molecular formula is C76H140NO8P. The Hall–Kier alpha value is -2.55. The summed E-state index contributed by atoms with van der Waals surface area (Å²) in [5.74, 6) is -0.812. The normalized spacial score (nSPS) is 13.5. The van der Waals surface area contributed by atoms with E-state index in [1.807, 2.05) is 21.1 Å². The second-order valence-corrected chi connectivity index (χ2v) is 27.3. The average Bonchev–Trinajstić information content (AvgIpc) is 3.70.